The smallest absolute Gasteiger partial charge is 0.319 e. The average Bonchev–Trinajstić information content (AvgIpc) is 2.75. The summed E-state index contributed by atoms with van der Waals surface area (Å²) >= 11 is 1.61. The first-order valence-corrected chi connectivity index (χ1v) is 6.36. The van der Waals surface area contributed by atoms with Crippen LogP contribution in [0.2, 0.25) is 0 Å². The highest BCUT2D eigenvalue weighted by Gasteiger charge is 2.04. The summed E-state index contributed by atoms with van der Waals surface area (Å²) in [5.41, 5.74) is 1.74. The lowest BCUT2D eigenvalue weighted by Gasteiger charge is -2.07. The van der Waals surface area contributed by atoms with Gasteiger partial charge in [-0.25, -0.2) is 9.18 Å². The first-order valence-electron chi connectivity index (χ1n) is 5.48. The van der Waals surface area contributed by atoms with E-state index in [9.17, 15) is 9.18 Å². The average molecular weight is 264 g/mol. The van der Waals surface area contributed by atoms with Gasteiger partial charge < -0.3 is 10.6 Å². The summed E-state index contributed by atoms with van der Waals surface area (Å²) < 4.78 is 12.7. The largest absolute Gasteiger partial charge is 0.333 e. The predicted molar refractivity (Wildman–Crippen MR) is 71.3 cm³/mol. The van der Waals surface area contributed by atoms with Crippen LogP contribution in [0.4, 0.5) is 14.9 Å². The molecule has 3 nitrogen and oxygen atoms in total. The third kappa shape index (κ3) is 3.30. The SMILES string of the molecule is Cc1ccsc1CNC(=O)Nc1ccc(F)cc1. The Morgan fingerprint density at radius 2 is 2.00 bits per heavy atom. The molecular weight excluding hydrogens is 251 g/mol. The number of rotatable bonds is 3. The van der Waals surface area contributed by atoms with Crippen molar-refractivity contribution in [3.05, 3.63) is 52.0 Å². The van der Waals surface area contributed by atoms with Crippen LogP contribution in [-0.2, 0) is 6.54 Å². The van der Waals surface area contributed by atoms with E-state index in [4.69, 9.17) is 0 Å². The molecule has 0 atom stereocenters. The van der Waals surface area contributed by atoms with E-state index in [0.717, 1.165) is 4.88 Å². The van der Waals surface area contributed by atoms with E-state index in [1.165, 1.54) is 29.8 Å². The number of aryl methyl sites for hydroxylation is 1. The molecule has 2 aromatic rings. The number of hydrogen-bond acceptors (Lipinski definition) is 2. The lowest BCUT2D eigenvalue weighted by Crippen LogP contribution is -2.28. The maximum atomic E-state index is 12.7. The van der Waals surface area contributed by atoms with E-state index >= 15 is 0 Å². The van der Waals surface area contributed by atoms with Crippen LogP contribution >= 0.6 is 11.3 Å². The molecule has 0 fully saturated rings. The van der Waals surface area contributed by atoms with Crippen LogP contribution in [-0.4, -0.2) is 6.03 Å². The van der Waals surface area contributed by atoms with Gasteiger partial charge >= 0.3 is 6.03 Å². The van der Waals surface area contributed by atoms with Crippen molar-refractivity contribution in [1.29, 1.82) is 0 Å². The number of hydrogen-bond donors (Lipinski definition) is 2. The molecule has 1 aromatic carbocycles. The molecule has 0 aliphatic heterocycles. The first-order chi connectivity index (χ1) is 8.65. The molecule has 1 aromatic heterocycles. The zero-order valence-electron chi connectivity index (χ0n) is 9.87. The second kappa shape index (κ2) is 5.64. The van der Waals surface area contributed by atoms with Gasteiger partial charge in [0, 0.05) is 10.6 Å². The number of amides is 2. The fourth-order valence-corrected chi connectivity index (χ4v) is 2.30. The zero-order valence-corrected chi connectivity index (χ0v) is 10.7. The third-order valence-corrected chi connectivity index (χ3v) is 3.50. The van der Waals surface area contributed by atoms with Crippen molar-refractivity contribution in [3.63, 3.8) is 0 Å². The van der Waals surface area contributed by atoms with Crippen molar-refractivity contribution in [2.24, 2.45) is 0 Å². The van der Waals surface area contributed by atoms with Gasteiger partial charge in [0.25, 0.3) is 0 Å². The van der Waals surface area contributed by atoms with Gasteiger partial charge in [-0.15, -0.1) is 11.3 Å². The van der Waals surface area contributed by atoms with Gasteiger partial charge in [-0.05, 0) is 48.2 Å². The second-order valence-corrected chi connectivity index (χ2v) is 4.84. The van der Waals surface area contributed by atoms with E-state index in [1.807, 2.05) is 18.4 Å². The van der Waals surface area contributed by atoms with Crippen molar-refractivity contribution in [1.82, 2.24) is 5.32 Å². The first kappa shape index (κ1) is 12.6. The van der Waals surface area contributed by atoms with Crippen LogP contribution in [0.15, 0.2) is 35.7 Å². The highest BCUT2D eigenvalue weighted by atomic mass is 32.1. The molecule has 0 saturated heterocycles. The molecule has 94 valence electrons. The molecule has 1 heterocycles. The van der Waals surface area contributed by atoms with Gasteiger partial charge in [0.1, 0.15) is 5.82 Å². The number of nitrogens with one attached hydrogen (secondary N) is 2. The minimum atomic E-state index is -0.324. The number of carbonyl (C=O) groups excluding carboxylic acids is 1. The summed E-state index contributed by atoms with van der Waals surface area (Å²) in [5, 5.41) is 7.38. The monoisotopic (exact) mass is 264 g/mol. The van der Waals surface area contributed by atoms with Gasteiger partial charge in [-0.3, -0.25) is 0 Å². The quantitative estimate of drug-likeness (QED) is 0.875. The minimum absolute atomic E-state index is 0.297. The van der Waals surface area contributed by atoms with E-state index in [0.29, 0.717) is 12.2 Å². The number of halogens is 1. The van der Waals surface area contributed by atoms with Crippen molar-refractivity contribution in [2.45, 2.75) is 13.5 Å². The Bertz CT molecular complexity index is 536. The molecule has 2 N–H and O–H groups in total. The van der Waals surface area contributed by atoms with E-state index in [2.05, 4.69) is 10.6 Å². The maximum absolute atomic E-state index is 12.7. The zero-order chi connectivity index (χ0) is 13.0. The van der Waals surface area contributed by atoms with Crippen molar-refractivity contribution in [3.8, 4) is 0 Å². The third-order valence-electron chi connectivity index (χ3n) is 2.48. The Morgan fingerprint density at radius 1 is 1.28 bits per heavy atom. The maximum Gasteiger partial charge on any atom is 0.319 e. The van der Waals surface area contributed by atoms with Gasteiger partial charge in [0.05, 0.1) is 6.54 Å². The van der Waals surface area contributed by atoms with Crippen LogP contribution in [0.25, 0.3) is 0 Å². The van der Waals surface area contributed by atoms with Gasteiger partial charge in [0.2, 0.25) is 0 Å². The Hall–Kier alpha value is -1.88. The molecular formula is C13H13FN2OS. The highest BCUT2D eigenvalue weighted by Crippen LogP contribution is 2.15. The minimum Gasteiger partial charge on any atom is -0.333 e. The number of carbonyl (C=O) groups is 1. The van der Waals surface area contributed by atoms with Crippen LogP contribution in [0, 0.1) is 12.7 Å². The number of benzene rings is 1. The molecule has 5 heteroatoms. The standard InChI is InChI=1S/C13H13FN2OS/c1-9-6-7-18-12(9)8-15-13(17)16-11-4-2-10(14)3-5-11/h2-7H,8H2,1H3,(H2,15,16,17). The summed E-state index contributed by atoms with van der Waals surface area (Å²) in [4.78, 5) is 12.7. The lowest BCUT2D eigenvalue weighted by atomic mass is 10.3. The summed E-state index contributed by atoms with van der Waals surface area (Å²) in [6.45, 7) is 2.50. The molecule has 2 amide bonds. The normalized spacial score (nSPS) is 10.1. The summed E-state index contributed by atoms with van der Waals surface area (Å²) in [6.07, 6.45) is 0. The fourth-order valence-electron chi connectivity index (χ4n) is 1.45. The van der Waals surface area contributed by atoms with Gasteiger partial charge in [0.15, 0.2) is 0 Å². The van der Waals surface area contributed by atoms with Crippen LogP contribution in [0.5, 0.6) is 0 Å². The number of thiophene rings is 1. The van der Waals surface area contributed by atoms with E-state index < -0.39 is 0 Å². The van der Waals surface area contributed by atoms with Crippen molar-refractivity contribution < 1.29 is 9.18 Å². The number of urea groups is 1. The molecule has 0 aliphatic rings. The molecule has 0 radical (unpaired) electrons. The Balaban J connectivity index is 1.86. The molecule has 0 aliphatic carbocycles. The number of anilines is 1. The molecule has 2 rings (SSSR count). The lowest BCUT2D eigenvalue weighted by molar-refractivity contribution is 0.252. The molecule has 18 heavy (non-hydrogen) atoms. The van der Waals surface area contributed by atoms with Crippen molar-refractivity contribution >= 4 is 23.1 Å². The molecule has 0 unspecified atom stereocenters. The van der Waals surface area contributed by atoms with Crippen molar-refractivity contribution in [2.75, 3.05) is 5.32 Å². The van der Waals surface area contributed by atoms with E-state index in [1.54, 1.807) is 11.3 Å². The summed E-state index contributed by atoms with van der Waals surface area (Å²) in [6, 6.07) is 7.36. The van der Waals surface area contributed by atoms with Gasteiger partial charge in [-0.1, -0.05) is 0 Å². The Morgan fingerprint density at radius 3 is 2.61 bits per heavy atom. The molecule has 0 spiro atoms. The van der Waals surface area contributed by atoms with Gasteiger partial charge in [-0.2, -0.15) is 0 Å². The topological polar surface area (TPSA) is 41.1 Å². The summed E-state index contributed by atoms with van der Waals surface area (Å²) in [7, 11) is 0. The molecule has 0 bridgehead atoms. The second-order valence-electron chi connectivity index (χ2n) is 3.84. The predicted octanol–water partition coefficient (Wildman–Crippen LogP) is 3.52. The van der Waals surface area contributed by atoms with Crippen LogP contribution in [0.3, 0.4) is 0 Å². The Labute approximate surface area is 109 Å². The van der Waals surface area contributed by atoms with E-state index in [-0.39, 0.29) is 11.8 Å². The summed E-state index contributed by atoms with van der Waals surface area (Å²) in [5.74, 6) is -0.324. The Kier molecular flexibility index (Phi) is 3.94. The van der Waals surface area contributed by atoms with Crippen LogP contribution in [0.1, 0.15) is 10.4 Å². The molecule has 0 saturated carbocycles. The van der Waals surface area contributed by atoms with Crippen LogP contribution < -0.4 is 10.6 Å². The fraction of sp³-hybridized carbons (Fsp3) is 0.154. The highest BCUT2D eigenvalue weighted by molar-refractivity contribution is 7.10.